The van der Waals surface area contributed by atoms with Crippen molar-refractivity contribution >= 4 is 0 Å². The van der Waals surface area contributed by atoms with Crippen LogP contribution in [0.25, 0.3) is 11.4 Å². The SMILES string of the molecule is CCc1nc(-c2ccc(C)cc2)nc2c1CCNC2. The van der Waals surface area contributed by atoms with E-state index in [2.05, 4.69) is 43.4 Å². The Morgan fingerprint density at radius 2 is 1.95 bits per heavy atom. The van der Waals surface area contributed by atoms with Crippen molar-refractivity contribution in [1.29, 1.82) is 0 Å². The molecule has 0 aliphatic carbocycles. The fourth-order valence-electron chi connectivity index (χ4n) is 2.56. The van der Waals surface area contributed by atoms with Crippen LogP contribution in [0.15, 0.2) is 24.3 Å². The van der Waals surface area contributed by atoms with Gasteiger partial charge in [-0.1, -0.05) is 36.8 Å². The lowest BCUT2D eigenvalue weighted by Gasteiger charge is -2.19. The zero-order valence-corrected chi connectivity index (χ0v) is 11.5. The predicted molar refractivity (Wildman–Crippen MR) is 77.0 cm³/mol. The molecule has 19 heavy (non-hydrogen) atoms. The first-order chi connectivity index (χ1) is 9.28. The lowest BCUT2D eigenvalue weighted by molar-refractivity contribution is 0.617. The summed E-state index contributed by atoms with van der Waals surface area (Å²) in [4.78, 5) is 9.51. The van der Waals surface area contributed by atoms with E-state index < -0.39 is 0 Å². The van der Waals surface area contributed by atoms with Gasteiger partial charge in [-0.3, -0.25) is 0 Å². The van der Waals surface area contributed by atoms with Crippen LogP contribution in [0.5, 0.6) is 0 Å². The first-order valence-corrected chi connectivity index (χ1v) is 6.94. The molecule has 0 atom stereocenters. The molecule has 1 aromatic heterocycles. The maximum atomic E-state index is 4.77. The van der Waals surface area contributed by atoms with Crippen LogP contribution >= 0.6 is 0 Å². The summed E-state index contributed by atoms with van der Waals surface area (Å²) < 4.78 is 0. The standard InChI is InChI=1S/C16H19N3/c1-3-14-13-8-9-17-10-15(13)19-16(18-14)12-6-4-11(2)5-7-12/h4-7,17H,3,8-10H2,1-2H3. The van der Waals surface area contributed by atoms with Crippen LogP contribution in [0.1, 0.15) is 29.4 Å². The van der Waals surface area contributed by atoms with Crippen molar-refractivity contribution in [3.05, 3.63) is 46.8 Å². The largest absolute Gasteiger partial charge is 0.311 e. The van der Waals surface area contributed by atoms with Gasteiger partial charge in [0.15, 0.2) is 5.82 Å². The van der Waals surface area contributed by atoms with Crippen LogP contribution < -0.4 is 5.32 Å². The molecule has 1 aromatic carbocycles. The second-order valence-electron chi connectivity index (χ2n) is 5.07. The Morgan fingerprint density at radius 3 is 2.68 bits per heavy atom. The quantitative estimate of drug-likeness (QED) is 0.894. The van der Waals surface area contributed by atoms with Crippen molar-refractivity contribution in [2.75, 3.05) is 6.54 Å². The van der Waals surface area contributed by atoms with Crippen molar-refractivity contribution in [3.63, 3.8) is 0 Å². The van der Waals surface area contributed by atoms with Crippen LogP contribution in [-0.2, 0) is 19.4 Å². The number of aryl methyl sites for hydroxylation is 2. The Balaban J connectivity index is 2.09. The third kappa shape index (κ3) is 2.38. The lowest BCUT2D eigenvalue weighted by Crippen LogP contribution is -2.26. The number of aromatic nitrogens is 2. The molecular formula is C16H19N3. The van der Waals surface area contributed by atoms with Gasteiger partial charge >= 0.3 is 0 Å². The Kier molecular flexibility index (Phi) is 3.30. The zero-order valence-electron chi connectivity index (χ0n) is 11.5. The number of benzene rings is 1. The number of hydrogen-bond donors (Lipinski definition) is 1. The molecule has 0 bridgehead atoms. The lowest BCUT2D eigenvalue weighted by atomic mass is 10.0. The van der Waals surface area contributed by atoms with Crippen molar-refractivity contribution in [2.24, 2.45) is 0 Å². The summed E-state index contributed by atoms with van der Waals surface area (Å²) in [6.07, 6.45) is 2.02. The van der Waals surface area contributed by atoms with Crippen molar-refractivity contribution in [1.82, 2.24) is 15.3 Å². The Morgan fingerprint density at radius 1 is 1.16 bits per heavy atom. The highest BCUT2D eigenvalue weighted by Gasteiger charge is 2.16. The molecule has 2 heterocycles. The molecule has 0 saturated heterocycles. The maximum absolute atomic E-state index is 4.77. The van der Waals surface area contributed by atoms with Crippen LogP contribution in [-0.4, -0.2) is 16.5 Å². The van der Waals surface area contributed by atoms with Gasteiger partial charge in [0.2, 0.25) is 0 Å². The minimum Gasteiger partial charge on any atom is -0.311 e. The molecule has 0 radical (unpaired) electrons. The fraction of sp³-hybridized carbons (Fsp3) is 0.375. The minimum absolute atomic E-state index is 0.860. The Labute approximate surface area is 114 Å². The summed E-state index contributed by atoms with van der Waals surface area (Å²) >= 11 is 0. The summed E-state index contributed by atoms with van der Waals surface area (Å²) in [6, 6.07) is 8.43. The van der Waals surface area contributed by atoms with Crippen molar-refractivity contribution in [2.45, 2.75) is 33.2 Å². The molecule has 0 spiro atoms. The van der Waals surface area contributed by atoms with Crippen molar-refractivity contribution < 1.29 is 0 Å². The monoisotopic (exact) mass is 253 g/mol. The van der Waals surface area contributed by atoms with Gasteiger partial charge < -0.3 is 5.32 Å². The summed E-state index contributed by atoms with van der Waals surface area (Å²) in [6.45, 7) is 6.17. The average molecular weight is 253 g/mol. The van der Waals surface area contributed by atoms with Gasteiger partial charge in [-0.25, -0.2) is 9.97 Å². The van der Waals surface area contributed by atoms with E-state index in [9.17, 15) is 0 Å². The van der Waals surface area contributed by atoms with Gasteiger partial charge in [-0.05, 0) is 31.9 Å². The Bertz CT molecular complexity index is 570. The third-order valence-electron chi connectivity index (χ3n) is 3.67. The number of hydrogen-bond acceptors (Lipinski definition) is 3. The van der Waals surface area contributed by atoms with E-state index in [1.54, 1.807) is 0 Å². The fourth-order valence-corrected chi connectivity index (χ4v) is 2.56. The predicted octanol–water partition coefficient (Wildman–Crippen LogP) is 2.66. The van der Waals surface area contributed by atoms with Crippen LogP contribution in [0, 0.1) is 6.92 Å². The van der Waals surface area contributed by atoms with Crippen molar-refractivity contribution in [3.8, 4) is 11.4 Å². The van der Waals surface area contributed by atoms with E-state index in [-0.39, 0.29) is 0 Å². The molecule has 3 rings (SSSR count). The summed E-state index contributed by atoms with van der Waals surface area (Å²) in [7, 11) is 0. The molecule has 98 valence electrons. The second-order valence-corrected chi connectivity index (χ2v) is 5.07. The molecule has 3 nitrogen and oxygen atoms in total. The van der Waals surface area contributed by atoms with Crippen LogP contribution in [0.4, 0.5) is 0 Å². The smallest absolute Gasteiger partial charge is 0.159 e. The Hall–Kier alpha value is -1.74. The first-order valence-electron chi connectivity index (χ1n) is 6.94. The van der Waals surface area contributed by atoms with E-state index in [0.29, 0.717) is 0 Å². The summed E-state index contributed by atoms with van der Waals surface area (Å²) in [5, 5.41) is 3.39. The molecule has 3 heteroatoms. The van der Waals surface area contributed by atoms with Gasteiger partial charge in [-0.2, -0.15) is 0 Å². The third-order valence-corrected chi connectivity index (χ3v) is 3.67. The van der Waals surface area contributed by atoms with Gasteiger partial charge in [0.1, 0.15) is 0 Å². The topological polar surface area (TPSA) is 37.8 Å². The van der Waals surface area contributed by atoms with E-state index >= 15 is 0 Å². The molecule has 2 aromatic rings. The number of fused-ring (bicyclic) bond motifs is 1. The molecule has 0 saturated carbocycles. The van der Waals surface area contributed by atoms with Gasteiger partial charge in [-0.15, -0.1) is 0 Å². The van der Waals surface area contributed by atoms with Crippen LogP contribution in [0.2, 0.25) is 0 Å². The van der Waals surface area contributed by atoms with Gasteiger partial charge in [0, 0.05) is 17.8 Å². The number of nitrogens with zero attached hydrogens (tertiary/aromatic N) is 2. The minimum atomic E-state index is 0.860. The first kappa shape index (κ1) is 12.3. The summed E-state index contributed by atoms with van der Waals surface area (Å²) in [5.74, 6) is 0.860. The van der Waals surface area contributed by atoms with E-state index in [4.69, 9.17) is 9.97 Å². The molecule has 1 N–H and O–H groups in total. The maximum Gasteiger partial charge on any atom is 0.159 e. The van der Waals surface area contributed by atoms with Gasteiger partial charge in [0.25, 0.3) is 0 Å². The molecular weight excluding hydrogens is 234 g/mol. The number of nitrogens with one attached hydrogen (secondary N) is 1. The molecule has 0 amide bonds. The number of rotatable bonds is 2. The molecule has 0 unspecified atom stereocenters. The second kappa shape index (κ2) is 5.10. The highest BCUT2D eigenvalue weighted by Crippen LogP contribution is 2.22. The molecule has 1 aliphatic rings. The van der Waals surface area contributed by atoms with E-state index in [0.717, 1.165) is 37.3 Å². The highest BCUT2D eigenvalue weighted by molar-refractivity contribution is 5.56. The van der Waals surface area contributed by atoms with E-state index in [1.807, 2.05) is 0 Å². The zero-order chi connectivity index (χ0) is 13.2. The summed E-state index contributed by atoms with van der Waals surface area (Å²) in [5.41, 5.74) is 6.11. The normalized spacial score (nSPS) is 14.2. The van der Waals surface area contributed by atoms with E-state index in [1.165, 1.54) is 22.5 Å². The molecule has 0 fully saturated rings. The van der Waals surface area contributed by atoms with Gasteiger partial charge in [0.05, 0.1) is 5.69 Å². The highest BCUT2D eigenvalue weighted by atomic mass is 15.0. The molecule has 1 aliphatic heterocycles. The average Bonchev–Trinajstić information content (AvgIpc) is 2.47. The van der Waals surface area contributed by atoms with Crippen LogP contribution in [0.3, 0.4) is 0 Å².